The number of aryl methyl sites for hydroxylation is 1. The maximum absolute atomic E-state index is 12.0. The maximum Gasteiger partial charge on any atom is 0.268 e. The Morgan fingerprint density at radius 1 is 1.29 bits per heavy atom. The highest BCUT2D eigenvalue weighted by molar-refractivity contribution is 7.99. The van der Waals surface area contributed by atoms with Crippen molar-refractivity contribution in [1.29, 1.82) is 0 Å². The van der Waals surface area contributed by atoms with E-state index in [4.69, 9.17) is 0 Å². The molecular formula is C16H19N3OS. The van der Waals surface area contributed by atoms with Crippen LogP contribution in [0.2, 0.25) is 0 Å². The topological polar surface area (TPSA) is 46.9 Å². The quantitative estimate of drug-likeness (QED) is 0.833. The molecule has 1 fully saturated rings. The molecule has 4 nitrogen and oxygen atoms in total. The summed E-state index contributed by atoms with van der Waals surface area (Å²) in [4.78, 5) is 13.2. The largest absolute Gasteiger partial charge is 0.381 e. The third-order valence-electron chi connectivity index (χ3n) is 3.66. The predicted molar refractivity (Wildman–Crippen MR) is 86.9 cm³/mol. The molecule has 2 aromatic rings. The molecule has 0 saturated heterocycles. The van der Waals surface area contributed by atoms with Crippen molar-refractivity contribution in [3.8, 4) is 0 Å². The molecule has 0 radical (unpaired) electrons. The normalized spacial score (nSPS) is 14.7. The van der Waals surface area contributed by atoms with Crippen LogP contribution in [0.25, 0.3) is 0 Å². The molecule has 1 heterocycles. The molecule has 1 aliphatic rings. The Bertz CT molecular complexity index is 637. The smallest absolute Gasteiger partial charge is 0.268 e. The molecule has 1 saturated carbocycles. The summed E-state index contributed by atoms with van der Waals surface area (Å²) in [6, 6.07) is 12.4. The summed E-state index contributed by atoms with van der Waals surface area (Å²) in [5.74, 6) is 0.840. The molecule has 0 atom stereocenters. The minimum absolute atomic E-state index is 0.0343. The van der Waals surface area contributed by atoms with Crippen LogP contribution in [0.1, 0.15) is 19.3 Å². The van der Waals surface area contributed by atoms with Crippen molar-refractivity contribution in [3.63, 3.8) is 0 Å². The van der Waals surface area contributed by atoms with Gasteiger partial charge in [0.15, 0.2) is 0 Å². The summed E-state index contributed by atoms with van der Waals surface area (Å²) >= 11 is 1.74. The van der Waals surface area contributed by atoms with Crippen LogP contribution in [0.5, 0.6) is 0 Å². The zero-order chi connectivity index (χ0) is 14.5. The lowest BCUT2D eigenvalue weighted by Crippen LogP contribution is -2.29. The van der Waals surface area contributed by atoms with E-state index < -0.39 is 0 Å². The Morgan fingerprint density at radius 2 is 2.10 bits per heavy atom. The van der Waals surface area contributed by atoms with Crippen molar-refractivity contribution in [1.82, 2.24) is 9.78 Å². The van der Waals surface area contributed by atoms with Crippen molar-refractivity contribution in [2.24, 2.45) is 0 Å². The Morgan fingerprint density at radius 3 is 2.76 bits per heavy atom. The van der Waals surface area contributed by atoms with Gasteiger partial charge in [0.05, 0.1) is 18.4 Å². The average Bonchev–Trinajstić information content (AvgIpc) is 2.46. The van der Waals surface area contributed by atoms with E-state index in [0.29, 0.717) is 12.6 Å². The molecule has 0 spiro atoms. The zero-order valence-electron chi connectivity index (χ0n) is 11.9. The summed E-state index contributed by atoms with van der Waals surface area (Å²) in [6.07, 6.45) is 5.42. The summed E-state index contributed by atoms with van der Waals surface area (Å²) in [5.41, 5.74) is 0.810. The van der Waals surface area contributed by atoms with Gasteiger partial charge in [-0.25, -0.2) is 4.68 Å². The van der Waals surface area contributed by atoms with Crippen LogP contribution in [0, 0.1) is 0 Å². The van der Waals surface area contributed by atoms with Gasteiger partial charge in [-0.3, -0.25) is 4.79 Å². The van der Waals surface area contributed by atoms with Crippen LogP contribution in [-0.4, -0.2) is 21.6 Å². The number of nitrogens with zero attached hydrogens (tertiary/aromatic N) is 2. The first-order valence-electron chi connectivity index (χ1n) is 7.33. The number of nitrogens with one attached hydrogen (secondary N) is 1. The first-order chi connectivity index (χ1) is 10.3. The van der Waals surface area contributed by atoms with Gasteiger partial charge in [0.2, 0.25) is 0 Å². The summed E-state index contributed by atoms with van der Waals surface area (Å²) in [5, 5.41) is 7.60. The molecule has 1 N–H and O–H groups in total. The van der Waals surface area contributed by atoms with Gasteiger partial charge in [-0.05, 0) is 31.4 Å². The van der Waals surface area contributed by atoms with Crippen molar-refractivity contribution >= 4 is 17.4 Å². The lowest BCUT2D eigenvalue weighted by atomic mass is 9.93. The van der Waals surface area contributed by atoms with E-state index in [1.165, 1.54) is 28.8 Å². The van der Waals surface area contributed by atoms with Crippen molar-refractivity contribution in [2.45, 2.75) is 36.7 Å². The number of hydrogen-bond donors (Lipinski definition) is 1. The molecule has 0 aliphatic heterocycles. The van der Waals surface area contributed by atoms with E-state index in [1.807, 2.05) is 18.2 Å². The van der Waals surface area contributed by atoms with E-state index in [0.717, 1.165) is 11.4 Å². The summed E-state index contributed by atoms with van der Waals surface area (Å²) in [7, 11) is 0. The van der Waals surface area contributed by atoms with Gasteiger partial charge in [0, 0.05) is 22.8 Å². The van der Waals surface area contributed by atoms with Crippen LogP contribution >= 0.6 is 11.8 Å². The van der Waals surface area contributed by atoms with Gasteiger partial charge >= 0.3 is 0 Å². The molecule has 0 bridgehead atoms. The minimum atomic E-state index is -0.0343. The van der Waals surface area contributed by atoms with Gasteiger partial charge in [0.25, 0.3) is 5.56 Å². The van der Waals surface area contributed by atoms with Crippen LogP contribution in [-0.2, 0) is 6.54 Å². The van der Waals surface area contributed by atoms with Crippen LogP contribution in [0.4, 0.5) is 5.69 Å². The number of anilines is 1. The minimum Gasteiger partial charge on any atom is -0.381 e. The second kappa shape index (κ2) is 6.80. The number of hydrogen-bond acceptors (Lipinski definition) is 4. The average molecular weight is 301 g/mol. The number of thioether (sulfide) groups is 1. The van der Waals surface area contributed by atoms with E-state index in [-0.39, 0.29) is 5.56 Å². The molecule has 1 aliphatic carbocycles. The second-order valence-electron chi connectivity index (χ2n) is 5.24. The lowest BCUT2D eigenvalue weighted by molar-refractivity contribution is 0.445. The Kier molecular flexibility index (Phi) is 4.60. The third kappa shape index (κ3) is 3.88. The maximum atomic E-state index is 12.0. The zero-order valence-corrected chi connectivity index (χ0v) is 12.7. The monoisotopic (exact) mass is 301 g/mol. The van der Waals surface area contributed by atoms with Crippen molar-refractivity contribution in [2.75, 3.05) is 11.1 Å². The second-order valence-corrected chi connectivity index (χ2v) is 6.41. The first-order valence-corrected chi connectivity index (χ1v) is 8.31. The highest BCUT2D eigenvalue weighted by atomic mass is 32.2. The SMILES string of the molecule is O=c1cc(NC2CCC2)cnn1CCSc1ccccc1. The molecule has 0 amide bonds. The number of rotatable bonds is 6. The van der Waals surface area contributed by atoms with Gasteiger partial charge < -0.3 is 5.32 Å². The van der Waals surface area contributed by atoms with Gasteiger partial charge in [-0.1, -0.05) is 18.2 Å². The van der Waals surface area contributed by atoms with Crippen LogP contribution in [0.3, 0.4) is 0 Å². The summed E-state index contributed by atoms with van der Waals surface area (Å²) in [6.45, 7) is 0.627. The molecule has 0 unspecified atom stereocenters. The fraction of sp³-hybridized carbons (Fsp3) is 0.375. The Balaban J connectivity index is 1.54. The standard InChI is InChI=1S/C16H19N3OS/c20-16-11-14(18-13-5-4-6-13)12-17-19(16)9-10-21-15-7-2-1-3-8-15/h1-3,7-8,11-13,18H,4-6,9-10H2. The van der Waals surface area contributed by atoms with E-state index in [2.05, 4.69) is 22.5 Å². The van der Waals surface area contributed by atoms with E-state index in [9.17, 15) is 4.79 Å². The molecule has 1 aromatic carbocycles. The Labute approximate surface area is 128 Å². The molecule has 3 rings (SSSR count). The third-order valence-corrected chi connectivity index (χ3v) is 4.65. The van der Waals surface area contributed by atoms with Crippen LogP contribution in [0.15, 0.2) is 52.3 Å². The fourth-order valence-corrected chi connectivity index (χ4v) is 3.08. The van der Waals surface area contributed by atoms with Crippen molar-refractivity contribution < 1.29 is 0 Å². The summed E-state index contributed by atoms with van der Waals surface area (Å²) < 4.78 is 1.53. The van der Waals surface area contributed by atoms with Crippen LogP contribution < -0.4 is 10.9 Å². The van der Waals surface area contributed by atoms with Gasteiger partial charge in [-0.2, -0.15) is 5.10 Å². The van der Waals surface area contributed by atoms with Gasteiger partial charge in [0.1, 0.15) is 0 Å². The molecule has 21 heavy (non-hydrogen) atoms. The fourth-order valence-electron chi connectivity index (χ4n) is 2.24. The van der Waals surface area contributed by atoms with E-state index in [1.54, 1.807) is 24.0 Å². The highest BCUT2D eigenvalue weighted by Gasteiger charge is 2.17. The molecule has 1 aromatic heterocycles. The molecule has 110 valence electrons. The van der Waals surface area contributed by atoms with Crippen molar-refractivity contribution in [3.05, 3.63) is 52.9 Å². The van der Waals surface area contributed by atoms with Gasteiger partial charge in [-0.15, -0.1) is 11.8 Å². The molecule has 5 heteroatoms. The Hall–Kier alpha value is -1.75. The van der Waals surface area contributed by atoms with E-state index >= 15 is 0 Å². The first kappa shape index (κ1) is 14.2. The number of aromatic nitrogens is 2. The highest BCUT2D eigenvalue weighted by Crippen LogP contribution is 2.22. The predicted octanol–water partition coefficient (Wildman–Crippen LogP) is 3.00. The lowest BCUT2D eigenvalue weighted by Gasteiger charge is -2.27. The number of benzene rings is 1. The molecular weight excluding hydrogens is 282 g/mol.